The number of nitrogens with one attached hydrogen (secondary N) is 1. The number of halogens is 1. The van der Waals surface area contributed by atoms with Crippen molar-refractivity contribution in [1.82, 2.24) is 20.0 Å². The average molecular weight is 410 g/mol. The Labute approximate surface area is 173 Å². The van der Waals surface area contributed by atoms with Crippen LogP contribution in [-0.2, 0) is 6.42 Å². The first kappa shape index (κ1) is 19.9. The molecule has 1 fully saturated rings. The van der Waals surface area contributed by atoms with Crippen molar-refractivity contribution in [2.75, 3.05) is 13.1 Å². The molecular weight excluding hydrogens is 387 g/mol. The van der Waals surface area contributed by atoms with Crippen LogP contribution in [-0.4, -0.2) is 45.6 Å². The third kappa shape index (κ3) is 3.98. The third-order valence-electron chi connectivity index (χ3n) is 5.41. The summed E-state index contributed by atoms with van der Waals surface area (Å²) in [6, 6.07) is 7.65. The summed E-state index contributed by atoms with van der Waals surface area (Å²) in [6.07, 6.45) is 6.46. The highest BCUT2D eigenvalue weighted by molar-refractivity contribution is 5.96. The van der Waals surface area contributed by atoms with Gasteiger partial charge in [-0.25, -0.2) is 9.07 Å². The molecule has 0 spiro atoms. The van der Waals surface area contributed by atoms with Gasteiger partial charge in [0, 0.05) is 19.1 Å². The highest BCUT2D eigenvalue weighted by Gasteiger charge is 2.26. The van der Waals surface area contributed by atoms with Crippen LogP contribution in [0.25, 0.3) is 5.69 Å². The first-order valence-corrected chi connectivity index (χ1v) is 10.0. The van der Waals surface area contributed by atoms with Crippen molar-refractivity contribution in [3.63, 3.8) is 0 Å². The lowest BCUT2D eigenvalue weighted by Gasteiger charge is -2.32. The number of carbonyl (C=O) groups is 2. The summed E-state index contributed by atoms with van der Waals surface area (Å²) in [6.45, 7) is 3.10. The van der Waals surface area contributed by atoms with E-state index in [4.69, 9.17) is 4.42 Å². The maximum atomic E-state index is 13.2. The number of aromatic nitrogens is 2. The van der Waals surface area contributed by atoms with E-state index in [-0.39, 0.29) is 23.7 Å². The summed E-state index contributed by atoms with van der Waals surface area (Å²) < 4.78 is 19.9. The van der Waals surface area contributed by atoms with E-state index in [0.29, 0.717) is 49.2 Å². The van der Waals surface area contributed by atoms with Gasteiger partial charge < -0.3 is 14.6 Å². The molecule has 156 valence electrons. The molecule has 7 nitrogen and oxygen atoms in total. The van der Waals surface area contributed by atoms with Crippen molar-refractivity contribution in [2.24, 2.45) is 0 Å². The summed E-state index contributed by atoms with van der Waals surface area (Å²) >= 11 is 0. The number of piperidine rings is 1. The zero-order valence-electron chi connectivity index (χ0n) is 16.7. The molecule has 0 saturated carbocycles. The summed E-state index contributed by atoms with van der Waals surface area (Å²) in [5.41, 5.74) is 2.53. The predicted octanol–water partition coefficient (Wildman–Crippen LogP) is 3.20. The molecule has 2 aromatic heterocycles. The van der Waals surface area contributed by atoms with Crippen LogP contribution < -0.4 is 5.32 Å². The van der Waals surface area contributed by atoms with Crippen molar-refractivity contribution in [3.8, 4) is 5.69 Å². The van der Waals surface area contributed by atoms with Crippen LogP contribution >= 0.6 is 0 Å². The minimum absolute atomic E-state index is 0.00947. The van der Waals surface area contributed by atoms with Gasteiger partial charge in [0.2, 0.25) is 0 Å². The van der Waals surface area contributed by atoms with E-state index in [1.807, 2.05) is 6.92 Å². The van der Waals surface area contributed by atoms with Crippen molar-refractivity contribution in [2.45, 2.75) is 32.2 Å². The fraction of sp³-hybridized carbons (Fsp3) is 0.318. The van der Waals surface area contributed by atoms with Crippen molar-refractivity contribution >= 4 is 11.8 Å². The Morgan fingerprint density at radius 2 is 1.93 bits per heavy atom. The molecule has 0 atom stereocenters. The van der Waals surface area contributed by atoms with Crippen LogP contribution in [0.3, 0.4) is 0 Å². The first-order chi connectivity index (χ1) is 14.6. The predicted molar refractivity (Wildman–Crippen MR) is 108 cm³/mol. The third-order valence-corrected chi connectivity index (χ3v) is 5.41. The van der Waals surface area contributed by atoms with E-state index in [2.05, 4.69) is 10.4 Å². The van der Waals surface area contributed by atoms with Crippen LogP contribution in [0.1, 0.15) is 46.2 Å². The van der Waals surface area contributed by atoms with Gasteiger partial charge in [-0.2, -0.15) is 5.10 Å². The Bertz CT molecular complexity index is 1020. The topological polar surface area (TPSA) is 80.4 Å². The van der Waals surface area contributed by atoms with Gasteiger partial charge in [0.1, 0.15) is 12.1 Å². The van der Waals surface area contributed by atoms with Crippen LogP contribution in [0, 0.1) is 5.82 Å². The molecule has 30 heavy (non-hydrogen) atoms. The maximum absolute atomic E-state index is 13.2. The molecule has 1 N–H and O–H groups in total. The van der Waals surface area contributed by atoms with Gasteiger partial charge in [-0.1, -0.05) is 6.92 Å². The minimum atomic E-state index is -0.320. The zero-order chi connectivity index (χ0) is 21.1. The molecule has 0 bridgehead atoms. The number of benzene rings is 1. The standard InChI is InChI=1S/C22H23FN4O3/c1-2-20-19(13-24-27(20)18-5-3-16(23)4-6-18)21(28)25-17-7-10-26(11-8-17)22(29)15-9-12-30-14-15/h3-6,9,12-14,17H,2,7-8,10-11H2,1H3,(H,25,28). The maximum Gasteiger partial charge on any atom is 0.257 e. The van der Waals surface area contributed by atoms with Gasteiger partial charge in [-0.05, 0) is 49.6 Å². The molecule has 1 aromatic carbocycles. The second-order valence-corrected chi connectivity index (χ2v) is 7.30. The molecular formula is C22H23FN4O3. The summed E-state index contributed by atoms with van der Waals surface area (Å²) in [5, 5.41) is 7.41. The van der Waals surface area contributed by atoms with E-state index in [0.717, 1.165) is 5.69 Å². The van der Waals surface area contributed by atoms with Crippen LogP contribution in [0.2, 0.25) is 0 Å². The lowest BCUT2D eigenvalue weighted by molar-refractivity contribution is 0.0697. The second kappa shape index (κ2) is 8.52. The van der Waals surface area contributed by atoms with Crippen LogP contribution in [0.15, 0.2) is 53.5 Å². The number of amides is 2. The number of hydrogen-bond donors (Lipinski definition) is 1. The number of carbonyl (C=O) groups excluding carboxylic acids is 2. The molecule has 2 amide bonds. The summed E-state index contributed by atoms with van der Waals surface area (Å²) in [5.74, 6) is -0.554. The first-order valence-electron chi connectivity index (χ1n) is 10.0. The van der Waals surface area contributed by atoms with Gasteiger partial charge in [0.15, 0.2) is 0 Å². The van der Waals surface area contributed by atoms with Crippen LogP contribution in [0.5, 0.6) is 0 Å². The van der Waals surface area contributed by atoms with E-state index in [1.54, 1.807) is 34.0 Å². The lowest BCUT2D eigenvalue weighted by atomic mass is 10.0. The smallest absolute Gasteiger partial charge is 0.257 e. The molecule has 0 unspecified atom stereocenters. The highest BCUT2D eigenvalue weighted by Crippen LogP contribution is 2.18. The summed E-state index contributed by atoms with van der Waals surface area (Å²) in [7, 11) is 0. The lowest BCUT2D eigenvalue weighted by Crippen LogP contribution is -2.46. The minimum Gasteiger partial charge on any atom is -0.472 e. The number of nitrogens with zero attached hydrogens (tertiary/aromatic N) is 3. The Hall–Kier alpha value is -3.42. The van der Waals surface area contributed by atoms with E-state index in [9.17, 15) is 14.0 Å². The molecule has 3 aromatic rings. The quantitative estimate of drug-likeness (QED) is 0.701. The monoisotopic (exact) mass is 410 g/mol. The number of likely N-dealkylation sites (tertiary alicyclic amines) is 1. The van der Waals surface area contributed by atoms with E-state index >= 15 is 0 Å². The van der Waals surface area contributed by atoms with Gasteiger partial charge in [0.05, 0.1) is 35.0 Å². The van der Waals surface area contributed by atoms with Crippen LogP contribution in [0.4, 0.5) is 4.39 Å². The molecule has 0 aliphatic carbocycles. The van der Waals surface area contributed by atoms with Gasteiger partial charge in [-0.3, -0.25) is 9.59 Å². The molecule has 1 saturated heterocycles. The molecule has 1 aliphatic rings. The Balaban J connectivity index is 1.40. The molecule has 4 rings (SSSR count). The average Bonchev–Trinajstić information content (AvgIpc) is 3.44. The van der Waals surface area contributed by atoms with E-state index in [1.165, 1.54) is 24.7 Å². The van der Waals surface area contributed by atoms with Crippen molar-refractivity contribution < 1.29 is 18.4 Å². The molecule has 1 aliphatic heterocycles. The number of rotatable bonds is 5. The highest BCUT2D eigenvalue weighted by atomic mass is 19.1. The largest absolute Gasteiger partial charge is 0.472 e. The molecule has 8 heteroatoms. The van der Waals surface area contributed by atoms with E-state index < -0.39 is 0 Å². The van der Waals surface area contributed by atoms with Gasteiger partial charge in [-0.15, -0.1) is 0 Å². The number of furan rings is 1. The fourth-order valence-corrected chi connectivity index (χ4v) is 3.77. The van der Waals surface area contributed by atoms with Crippen molar-refractivity contribution in [3.05, 3.63) is 71.7 Å². The molecule has 0 radical (unpaired) electrons. The zero-order valence-corrected chi connectivity index (χ0v) is 16.7. The fourth-order valence-electron chi connectivity index (χ4n) is 3.77. The van der Waals surface area contributed by atoms with Crippen molar-refractivity contribution in [1.29, 1.82) is 0 Å². The second-order valence-electron chi connectivity index (χ2n) is 7.30. The Kier molecular flexibility index (Phi) is 5.65. The van der Waals surface area contributed by atoms with Gasteiger partial charge >= 0.3 is 0 Å². The number of hydrogen-bond acceptors (Lipinski definition) is 4. The van der Waals surface area contributed by atoms with Gasteiger partial charge in [0.25, 0.3) is 11.8 Å². The Morgan fingerprint density at radius 1 is 1.20 bits per heavy atom. The summed E-state index contributed by atoms with van der Waals surface area (Å²) in [4.78, 5) is 27.0. The Morgan fingerprint density at radius 3 is 2.57 bits per heavy atom. The molecule has 3 heterocycles. The normalized spacial score (nSPS) is 14.7. The SMILES string of the molecule is CCc1c(C(=O)NC2CCN(C(=O)c3ccoc3)CC2)cnn1-c1ccc(F)cc1.